The topological polar surface area (TPSA) is 68.5 Å². The van der Waals surface area contributed by atoms with Gasteiger partial charge in [0, 0.05) is 13.1 Å². The summed E-state index contributed by atoms with van der Waals surface area (Å²) in [4.78, 5) is 18.2. The van der Waals surface area contributed by atoms with Crippen molar-refractivity contribution in [3.8, 4) is 5.75 Å². The number of aromatic nitrogens is 2. The zero-order valence-electron chi connectivity index (χ0n) is 12.0. The lowest BCUT2D eigenvalue weighted by molar-refractivity contribution is -0.142. The van der Waals surface area contributed by atoms with E-state index in [2.05, 4.69) is 10.1 Å². The highest BCUT2D eigenvalue weighted by atomic mass is 16.5. The lowest BCUT2D eigenvalue weighted by atomic mass is 9.99. The van der Waals surface area contributed by atoms with E-state index in [1.165, 1.54) is 0 Å². The second-order valence-corrected chi connectivity index (χ2v) is 5.19. The van der Waals surface area contributed by atoms with Crippen LogP contribution in [0.15, 0.2) is 34.9 Å². The van der Waals surface area contributed by atoms with Gasteiger partial charge in [-0.3, -0.25) is 4.79 Å². The van der Waals surface area contributed by atoms with Gasteiger partial charge in [-0.2, -0.15) is 4.98 Å². The van der Waals surface area contributed by atoms with E-state index in [0.29, 0.717) is 30.6 Å². The highest BCUT2D eigenvalue weighted by Crippen LogP contribution is 2.26. The largest absolute Gasteiger partial charge is 0.481 e. The molecule has 1 aliphatic heterocycles. The van der Waals surface area contributed by atoms with Crippen molar-refractivity contribution < 1.29 is 14.1 Å². The molecule has 2 heterocycles. The van der Waals surface area contributed by atoms with Crippen LogP contribution in [0.3, 0.4) is 0 Å². The van der Waals surface area contributed by atoms with Crippen LogP contribution in [0.4, 0.5) is 0 Å². The minimum atomic E-state index is -0.502. The fraction of sp³-hybridized carbons (Fsp3) is 0.400. The van der Waals surface area contributed by atoms with E-state index in [1.807, 2.05) is 30.3 Å². The molecular weight excluding hydrogens is 270 g/mol. The smallest absolute Gasteiger partial charge is 0.263 e. The molecule has 6 nitrogen and oxygen atoms in total. The number of carbonyl (C=O) groups excluding carboxylic acids is 1. The van der Waals surface area contributed by atoms with Crippen LogP contribution >= 0.6 is 0 Å². The molecule has 0 unspecified atom stereocenters. The molecule has 1 aliphatic rings. The molecule has 6 heteroatoms. The summed E-state index contributed by atoms with van der Waals surface area (Å²) in [5.41, 5.74) is 0. The van der Waals surface area contributed by atoms with Crippen LogP contribution in [0.25, 0.3) is 0 Å². The van der Waals surface area contributed by atoms with Crippen molar-refractivity contribution in [2.75, 3.05) is 13.1 Å². The fourth-order valence-electron chi connectivity index (χ4n) is 2.30. The first-order chi connectivity index (χ1) is 10.1. The van der Waals surface area contributed by atoms with E-state index < -0.39 is 6.10 Å². The molecule has 1 atom stereocenters. The Balaban J connectivity index is 1.53. The maximum absolute atomic E-state index is 12.2. The van der Waals surface area contributed by atoms with Crippen LogP contribution in [0, 0.1) is 6.92 Å². The van der Waals surface area contributed by atoms with Gasteiger partial charge in [0.1, 0.15) is 5.75 Å². The molecule has 2 aromatic rings. The van der Waals surface area contributed by atoms with Gasteiger partial charge in [0.05, 0.1) is 5.92 Å². The molecule has 0 saturated carbocycles. The first kappa shape index (κ1) is 13.6. The third-order valence-corrected chi connectivity index (χ3v) is 3.49. The average Bonchev–Trinajstić information content (AvgIpc) is 2.84. The highest BCUT2D eigenvalue weighted by molar-refractivity contribution is 5.81. The number of benzene rings is 1. The monoisotopic (exact) mass is 287 g/mol. The van der Waals surface area contributed by atoms with E-state index in [1.54, 1.807) is 18.7 Å². The van der Waals surface area contributed by atoms with Crippen molar-refractivity contribution in [2.24, 2.45) is 0 Å². The minimum Gasteiger partial charge on any atom is -0.481 e. The molecule has 1 amide bonds. The lowest BCUT2D eigenvalue weighted by Gasteiger charge is -2.38. The Morgan fingerprint density at radius 3 is 2.71 bits per heavy atom. The van der Waals surface area contributed by atoms with Crippen molar-refractivity contribution >= 4 is 5.91 Å². The fourth-order valence-corrected chi connectivity index (χ4v) is 2.30. The third-order valence-electron chi connectivity index (χ3n) is 3.49. The molecule has 0 N–H and O–H groups in total. The summed E-state index contributed by atoms with van der Waals surface area (Å²) in [6.45, 7) is 4.75. The Bertz CT molecular complexity index is 620. The third kappa shape index (κ3) is 2.89. The molecule has 3 rings (SSSR count). The predicted molar refractivity (Wildman–Crippen MR) is 74.9 cm³/mol. The van der Waals surface area contributed by atoms with E-state index in [4.69, 9.17) is 9.26 Å². The summed E-state index contributed by atoms with van der Waals surface area (Å²) >= 11 is 0. The number of rotatable bonds is 4. The summed E-state index contributed by atoms with van der Waals surface area (Å²) in [6.07, 6.45) is -0.502. The van der Waals surface area contributed by atoms with Gasteiger partial charge in [0.15, 0.2) is 11.9 Å². The molecule has 1 aromatic carbocycles. The molecule has 0 spiro atoms. The number of aryl methyl sites for hydroxylation is 1. The average molecular weight is 287 g/mol. The number of ether oxygens (including phenoxy) is 1. The zero-order valence-corrected chi connectivity index (χ0v) is 12.0. The van der Waals surface area contributed by atoms with E-state index in [9.17, 15) is 4.79 Å². The van der Waals surface area contributed by atoms with Gasteiger partial charge in [-0.25, -0.2) is 0 Å². The standard InChI is InChI=1S/C15H17N3O3/c1-10(20-13-6-4-3-5-7-13)15(19)18-8-12(9-18)14-16-11(2)17-21-14/h3-7,10,12H,8-9H2,1-2H3/t10-/m1/s1. The van der Waals surface area contributed by atoms with Gasteiger partial charge < -0.3 is 14.2 Å². The Kier molecular flexibility index (Phi) is 3.60. The second-order valence-electron chi connectivity index (χ2n) is 5.19. The van der Waals surface area contributed by atoms with Crippen molar-refractivity contribution in [1.82, 2.24) is 15.0 Å². The summed E-state index contributed by atoms with van der Waals surface area (Å²) in [7, 11) is 0. The van der Waals surface area contributed by atoms with Gasteiger partial charge in [0.2, 0.25) is 5.89 Å². The number of carbonyl (C=O) groups is 1. The Morgan fingerprint density at radius 1 is 1.38 bits per heavy atom. The summed E-state index contributed by atoms with van der Waals surface area (Å²) in [6, 6.07) is 9.34. The van der Waals surface area contributed by atoms with Crippen LogP contribution in [0.1, 0.15) is 24.6 Å². The molecule has 0 radical (unpaired) electrons. The van der Waals surface area contributed by atoms with Gasteiger partial charge in [-0.1, -0.05) is 23.4 Å². The molecular formula is C15H17N3O3. The van der Waals surface area contributed by atoms with Crippen LogP contribution < -0.4 is 4.74 Å². The number of hydrogen-bond donors (Lipinski definition) is 0. The molecule has 110 valence electrons. The Morgan fingerprint density at radius 2 is 2.10 bits per heavy atom. The number of hydrogen-bond acceptors (Lipinski definition) is 5. The van der Waals surface area contributed by atoms with Crippen molar-refractivity contribution in [3.05, 3.63) is 42.0 Å². The van der Waals surface area contributed by atoms with Crippen LogP contribution in [0.5, 0.6) is 5.75 Å². The van der Waals surface area contributed by atoms with Crippen molar-refractivity contribution in [3.63, 3.8) is 0 Å². The summed E-state index contributed by atoms with van der Waals surface area (Å²) in [5, 5.41) is 3.77. The first-order valence-corrected chi connectivity index (χ1v) is 6.94. The maximum atomic E-state index is 12.2. The molecule has 1 saturated heterocycles. The van der Waals surface area contributed by atoms with Crippen molar-refractivity contribution in [2.45, 2.75) is 25.9 Å². The summed E-state index contributed by atoms with van der Waals surface area (Å²) < 4.78 is 10.8. The molecule has 1 aromatic heterocycles. The normalized spacial score (nSPS) is 16.4. The number of nitrogens with zero attached hydrogens (tertiary/aromatic N) is 3. The second kappa shape index (κ2) is 5.55. The van der Waals surface area contributed by atoms with Crippen LogP contribution in [0.2, 0.25) is 0 Å². The lowest BCUT2D eigenvalue weighted by Crippen LogP contribution is -2.52. The molecule has 0 aliphatic carbocycles. The van der Waals surface area contributed by atoms with Crippen LogP contribution in [-0.2, 0) is 4.79 Å². The van der Waals surface area contributed by atoms with Gasteiger partial charge in [-0.05, 0) is 26.0 Å². The van der Waals surface area contributed by atoms with Gasteiger partial charge >= 0.3 is 0 Å². The van der Waals surface area contributed by atoms with Crippen molar-refractivity contribution in [1.29, 1.82) is 0 Å². The van der Waals surface area contributed by atoms with Gasteiger partial charge in [0.25, 0.3) is 5.91 Å². The quantitative estimate of drug-likeness (QED) is 0.857. The zero-order chi connectivity index (χ0) is 14.8. The van der Waals surface area contributed by atoms with E-state index >= 15 is 0 Å². The molecule has 21 heavy (non-hydrogen) atoms. The molecule has 0 bridgehead atoms. The highest BCUT2D eigenvalue weighted by Gasteiger charge is 2.37. The van der Waals surface area contributed by atoms with E-state index in [-0.39, 0.29) is 11.8 Å². The Labute approximate surface area is 122 Å². The maximum Gasteiger partial charge on any atom is 0.263 e. The number of likely N-dealkylation sites (tertiary alicyclic amines) is 1. The SMILES string of the molecule is Cc1noc(C2CN(C(=O)[C@@H](C)Oc3ccccc3)C2)n1. The summed E-state index contributed by atoms with van der Waals surface area (Å²) in [5.74, 6) is 2.04. The predicted octanol–water partition coefficient (Wildman–Crippen LogP) is 1.77. The van der Waals surface area contributed by atoms with Crippen LogP contribution in [-0.4, -0.2) is 40.1 Å². The number of para-hydroxylation sites is 1. The molecule has 1 fully saturated rings. The van der Waals surface area contributed by atoms with E-state index in [0.717, 1.165) is 0 Å². The first-order valence-electron chi connectivity index (χ1n) is 6.94. The van der Waals surface area contributed by atoms with Gasteiger partial charge in [-0.15, -0.1) is 0 Å². The number of amides is 1. The Hall–Kier alpha value is -2.37. The minimum absolute atomic E-state index is 0.0219.